The number of rotatable bonds is 6. The summed E-state index contributed by atoms with van der Waals surface area (Å²) in [6.07, 6.45) is 7.44. The molecule has 1 aromatic carbocycles. The van der Waals surface area contributed by atoms with E-state index in [9.17, 15) is 19.5 Å². The molecule has 0 radical (unpaired) electrons. The van der Waals surface area contributed by atoms with Crippen LogP contribution in [0.4, 0.5) is 5.69 Å². The first-order valence-corrected chi connectivity index (χ1v) is 12.0. The number of hydrogen-bond donors (Lipinski definition) is 2. The van der Waals surface area contributed by atoms with Gasteiger partial charge in [-0.05, 0) is 30.5 Å². The lowest BCUT2D eigenvalue weighted by molar-refractivity contribution is -0.139. The Morgan fingerprint density at radius 2 is 1.76 bits per heavy atom. The Balaban J connectivity index is 1.48. The third-order valence-corrected chi connectivity index (χ3v) is 7.35. The maximum absolute atomic E-state index is 12.6. The Labute approximate surface area is 207 Å². The van der Waals surface area contributed by atoms with E-state index in [1.165, 1.54) is 12.4 Å². The van der Waals surface area contributed by atoms with Crippen molar-refractivity contribution in [3.05, 3.63) is 57.8 Å². The third-order valence-electron chi connectivity index (χ3n) is 6.77. The molecule has 0 aliphatic heterocycles. The summed E-state index contributed by atoms with van der Waals surface area (Å²) < 4.78 is 0. The lowest BCUT2D eigenvalue weighted by Gasteiger charge is -2.48. The molecule has 2 aliphatic carbocycles. The molecule has 2 atom stereocenters. The van der Waals surface area contributed by atoms with Gasteiger partial charge in [-0.25, -0.2) is 4.79 Å². The quantitative estimate of drug-likeness (QED) is 0.561. The molecule has 2 N–H and O–H groups in total. The summed E-state index contributed by atoms with van der Waals surface area (Å²) in [5, 5.41) is 12.8. The number of Topliss-reactive ketones (excluding diaryl/α,β-unsaturated/α-hetero) is 1. The maximum atomic E-state index is 12.6. The number of aromatic nitrogens is 1. The number of nitrogens with zero attached hydrogens (tertiary/aromatic N) is 2. The average molecular weight is 502 g/mol. The molecule has 7 nitrogen and oxygen atoms in total. The van der Waals surface area contributed by atoms with Crippen LogP contribution >= 0.6 is 23.2 Å². The van der Waals surface area contributed by atoms with E-state index in [1.54, 1.807) is 24.3 Å². The van der Waals surface area contributed by atoms with Gasteiger partial charge in [-0.3, -0.25) is 19.6 Å². The molecule has 1 spiro atoms. The molecule has 1 aromatic heterocycles. The first-order chi connectivity index (χ1) is 16.2. The van der Waals surface area contributed by atoms with Gasteiger partial charge in [0.2, 0.25) is 0 Å². The predicted molar refractivity (Wildman–Crippen MR) is 131 cm³/mol. The molecule has 9 heteroatoms. The predicted octanol–water partition coefficient (Wildman–Crippen LogP) is 5.25. The van der Waals surface area contributed by atoms with Gasteiger partial charge in [-0.2, -0.15) is 0 Å². The van der Waals surface area contributed by atoms with Crippen molar-refractivity contribution in [2.24, 2.45) is 16.3 Å². The van der Waals surface area contributed by atoms with E-state index < -0.39 is 23.3 Å². The molecule has 178 valence electrons. The molecule has 2 saturated carbocycles. The van der Waals surface area contributed by atoms with Crippen molar-refractivity contribution in [3.8, 4) is 0 Å². The van der Waals surface area contributed by atoms with Gasteiger partial charge in [0.05, 0.1) is 26.9 Å². The molecule has 34 heavy (non-hydrogen) atoms. The molecular formula is C25H25Cl2N3O4. The van der Waals surface area contributed by atoms with Crippen LogP contribution in [0.15, 0.2) is 41.7 Å². The molecule has 0 saturated heterocycles. The summed E-state index contributed by atoms with van der Waals surface area (Å²) in [6.45, 7) is 1.82. The Hall–Kier alpha value is -2.77. The number of ketones is 1. The number of halogens is 2. The molecule has 0 bridgehead atoms. The van der Waals surface area contributed by atoms with Crippen LogP contribution in [0.2, 0.25) is 10.0 Å². The van der Waals surface area contributed by atoms with E-state index in [-0.39, 0.29) is 33.7 Å². The maximum Gasteiger partial charge on any atom is 0.328 e. The molecule has 2 fully saturated rings. The molecule has 2 aromatic rings. The topological polar surface area (TPSA) is 109 Å². The van der Waals surface area contributed by atoms with Gasteiger partial charge < -0.3 is 10.4 Å². The van der Waals surface area contributed by atoms with Crippen molar-refractivity contribution in [2.75, 3.05) is 5.32 Å². The second kappa shape index (κ2) is 9.84. The van der Waals surface area contributed by atoms with Crippen molar-refractivity contribution in [1.82, 2.24) is 4.98 Å². The summed E-state index contributed by atoms with van der Waals surface area (Å²) in [4.78, 5) is 45.6. The molecule has 4 rings (SSSR count). The standard InChI is InChI=1S/C25H25Cl2N3O4/c1-14-21(25(22(14)31)9-3-2-4-10-25)30-19(24(33)34)11-15-5-7-16(8-6-15)29-23(32)20-17(26)12-28-13-18(20)27/h5-8,12-14,19H,2-4,9-11H2,1H3,(H,29,32)(H,33,34)/t14?,19-/m0/s1. The summed E-state index contributed by atoms with van der Waals surface area (Å²) >= 11 is 12.1. The van der Waals surface area contributed by atoms with Gasteiger partial charge in [-0.1, -0.05) is 61.5 Å². The summed E-state index contributed by atoms with van der Waals surface area (Å²) in [6, 6.07) is 5.88. The van der Waals surface area contributed by atoms with Gasteiger partial charge in [-0.15, -0.1) is 0 Å². The lowest BCUT2D eigenvalue weighted by Crippen LogP contribution is -2.59. The number of aliphatic carboxylic acids is 1. The molecule has 1 amide bonds. The number of carboxylic acids is 1. The normalized spacial score (nSPS) is 21.2. The number of carbonyl (C=O) groups is 3. The third kappa shape index (κ3) is 4.59. The van der Waals surface area contributed by atoms with E-state index in [4.69, 9.17) is 23.2 Å². The second-order valence-corrected chi connectivity index (χ2v) is 9.74. The Morgan fingerprint density at radius 3 is 2.35 bits per heavy atom. The molecule has 1 heterocycles. The number of carboxylic acid groups (broad SMARTS) is 1. The lowest BCUT2D eigenvalue weighted by atomic mass is 9.53. The zero-order chi connectivity index (χ0) is 24.5. The van der Waals surface area contributed by atoms with Gasteiger partial charge in [0.15, 0.2) is 11.8 Å². The smallest absolute Gasteiger partial charge is 0.328 e. The Morgan fingerprint density at radius 1 is 1.15 bits per heavy atom. The average Bonchev–Trinajstić information content (AvgIpc) is 2.82. The Kier molecular flexibility index (Phi) is 7.05. The summed E-state index contributed by atoms with van der Waals surface area (Å²) in [5.74, 6) is -1.61. The Bertz CT molecular complexity index is 1140. The SMILES string of the molecule is CC1C(=O)C2(CCCCC2)C1=N[C@@H](Cc1ccc(NC(=O)c2c(Cl)cncc2Cl)cc1)C(=O)O. The highest BCUT2D eigenvalue weighted by molar-refractivity contribution is 6.40. The first kappa shape index (κ1) is 24.4. The van der Waals surface area contributed by atoms with Gasteiger partial charge in [0, 0.05) is 30.2 Å². The summed E-state index contributed by atoms with van der Waals surface area (Å²) in [7, 11) is 0. The van der Waals surface area contributed by atoms with Crippen LogP contribution in [0.3, 0.4) is 0 Å². The number of amides is 1. The van der Waals surface area contributed by atoms with Gasteiger partial charge in [0.1, 0.15) is 0 Å². The summed E-state index contributed by atoms with van der Waals surface area (Å²) in [5.41, 5.74) is 1.60. The minimum atomic E-state index is -1.02. The minimum Gasteiger partial charge on any atom is -0.480 e. The van der Waals surface area contributed by atoms with Crippen LogP contribution in [0.1, 0.15) is 54.9 Å². The number of benzene rings is 1. The van der Waals surface area contributed by atoms with E-state index in [0.717, 1.165) is 43.4 Å². The highest BCUT2D eigenvalue weighted by atomic mass is 35.5. The largest absolute Gasteiger partial charge is 0.480 e. The highest BCUT2D eigenvalue weighted by Gasteiger charge is 2.57. The van der Waals surface area contributed by atoms with Gasteiger partial charge in [0.25, 0.3) is 5.91 Å². The van der Waals surface area contributed by atoms with Crippen molar-refractivity contribution in [3.63, 3.8) is 0 Å². The molecule has 1 unspecified atom stereocenters. The van der Waals surface area contributed by atoms with Crippen LogP contribution in [0.5, 0.6) is 0 Å². The number of carbonyl (C=O) groups excluding carboxylic acids is 2. The monoisotopic (exact) mass is 501 g/mol. The minimum absolute atomic E-state index is 0.130. The fourth-order valence-corrected chi connectivity index (χ4v) is 5.56. The second-order valence-electron chi connectivity index (χ2n) is 8.93. The molecule has 2 aliphatic rings. The number of aliphatic imine (C=N–C) groups is 1. The van der Waals surface area contributed by atoms with E-state index in [2.05, 4.69) is 15.3 Å². The van der Waals surface area contributed by atoms with Crippen molar-refractivity contribution in [2.45, 2.75) is 51.5 Å². The number of anilines is 1. The van der Waals surface area contributed by atoms with E-state index in [1.807, 2.05) is 6.92 Å². The fraction of sp³-hybridized carbons (Fsp3) is 0.400. The van der Waals surface area contributed by atoms with Crippen molar-refractivity contribution < 1.29 is 19.5 Å². The van der Waals surface area contributed by atoms with Crippen molar-refractivity contribution >= 4 is 52.3 Å². The number of nitrogens with one attached hydrogen (secondary N) is 1. The van der Waals surface area contributed by atoms with Crippen LogP contribution in [-0.4, -0.2) is 39.5 Å². The number of hydrogen-bond acceptors (Lipinski definition) is 5. The fourth-order valence-electron chi connectivity index (χ4n) is 5.02. The highest BCUT2D eigenvalue weighted by Crippen LogP contribution is 2.49. The van der Waals surface area contributed by atoms with Crippen molar-refractivity contribution in [1.29, 1.82) is 0 Å². The number of pyridine rings is 1. The van der Waals surface area contributed by atoms with Crippen LogP contribution in [0.25, 0.3) is 0 Å². The molecular weight excluding hydrogens is 477 g/mol. The van der Waals surface area contributed by atoms with E-state index in [0.29, 0.717) is 5.69 Å². The zero-order valence-electron chi connectivity index (χ0n) is 18.7. The van der Waals surface area contributed by atoms with Crippen LogP contribution in [-0.2, 0) is 16.0 Å². The first-order valence-electron chi connectivity index (χ1n) is 11.3. The zero-order valence-corrected chi connectivity index (χ0v) is 20.2. The van der Waals surface area contributed by atoms with Crippen LogP contribution in [0, 0.1) is 11.3 Å². The van der Waals surface area contributed by atoms with E-state index >= 15 is 0 Å². The van der Waals surface area contributed by atoms with Gasteiger partial charge >= 0.3 is 5.97 Å². The van der Waals surface area contributed by atoms with Crippen LogP contribution < -0.4 is 5.32 Å².